The molecule has 2 unspecified atom stereocenters. The number of hydroxylamine groups is 1. The Hall–Kier alpha value is -3.78. The second-order valence-corrected chi connectivity index (χ2v) is 9.53. The smallest absolute Gasteiger partial charge is 0.255 e. The maximum absolute atomic E-state index is 13.6. The molecule has 0 saturated carbocycles. The summed E-state index contributed by atoms with van der Waals surface area (Å²) >= 11 is 0. The van der Waals surface area contributed by atoms with Crippen molar-refractivity contribution in [2.45, 2.75) is 24.5 Å². The number of benzene rings is 1. The maximum atomic E-state index is 13.6. The molecule has 13 nitrogen and oxygen atoms in total. The van der Waals surface area contributed by atoms with Crippen molar-refractivity contribution in [3.05, 3.63) is 45.9 Å². The number of likely N-dealkylation sites (N-methyl/N-ethyl adjacent to an activating group) is 1. The van der Waals surface area contributed by atoms with E-state index in [9.17, 15) is 39.6 Å². The molecule has 4 atom stereocenters. The Bertz CT molecular complexity index is 1290. The van der Waals surface area contributed by atoms with Crippen LogP contribution < -0.4 is 16.5 Å². The Morgan fingerprint density at radius 1 is 1.22 bits per heavy atom. The Labute approximate surface area is 211 Å². The molecule has 0 aromatic heterocycles. The van der Waals surface area contributed by atoms with Crippen molar-refractivity contribution in [1.29, 1.82) is 0 Å². The van der Waals surface area contributed by atoms with Crippen molar-refractivity contribution in [2.24, 2.45) is 17.6 Å². The summed E-state index contributed by atoms with van der Waals surface area (Å²) in [7, 11) is 4.44. The van der Waals surface area contributed by atoms with Crippen LogP contribution in [0.3, 0.4) is 0 Å². The average Bonchev–Trinajstić information content (AvgIpc) is 2.81. The van der Waals surface area contributed by atoms with Gasteiger partial charge >= 0.3 is 0 Å². The number of hydrogen-bond donors (Lipinski definition) is 7. The molecule has 37 heavy (non-hydrogen) atoms. The molecule has 0 saturated heterocycles. The zero-order chi connectivity index (χ0) is 27.4. The molecule has 1 aromatic carbocycles. The van der Waals surface area contributed by atoms with E-state index in [0.29, 0.717) is 5.56 Å². The van der Waals surface area contributed by atoms with Gasteiger partial charge in [0.1, 0.15) is 23.6 Å². The highest BCUT2D eigenvalue weighted by atomic mass is 16.6. The van der Waals surface area contributed by atoms with Gasteiger partial charge in [-0.05, 0) is 44.5 Å². The summed E-state index contributed by atoms with van der Waals surface area (Å²) in [5.41, 5.74) is 3.97. The molecule has 1 aromatic rings. The normalized spacial score (nSPS) is 27.1. The van der Waals surface area contributed by atoms with Crippen molar-refractivity contribution < 1.29 is 44.4 Å². The van der Waals surface area contributed by atoms with Gasteiger partial charge in [0, 0.05) is 11.5 Å². The number of rotatable bonds is 6. The number of nitrogens with zero attached hydrogens (tertiary/aromatic N) is 1. The standard InChI is InChI=1S/C24H28N4O9/c1-28(2)17-11-7-10-6-9-4-5-12(27-13(29)8-26-37-3)18(30)14(9)19(31)15(10)21(33)24(11,36)22(34)16(20(17)32)23(25)35/h4-5,10-11,17,26,30,32-33,36H,6-8H2,1-3H3,(H2,25,35)(H,27,29)/t10?,11?,17-,24-/m0/s1. The first kappa shape index (κ1) is 26.3. The molecule has 0 fully saturated rings. The number of ketones is 2. The lowest BCUT2D eigenvalue weighted by Gasteiger charge is -2.50. The highest BCUT2D eigenvalue weighted by molar-refractivity contribution is 6.25. The molecule has 0 bridgehead atoms. The minimum atomic E-state index is -2.71. The molecular weight excluding hydrogens is 488 g/mol. The van der Waals surface area contributed by atoms with Crippen molar-refractivity contribution in [1.82, 2.24) is 10.4 Å². The second kappa shape index (κ2) is 9.27. The van der Waals surface area contributed by atoms with Crippen molar-refractivity contribution in [3.8, 4) is 5.75 Å². The van der Waals surface area contributed by atoms with E-state index in [0.717, 1.165) is 0 Å². The topological polar surface area (TPSA) is 212 Å². The Kier molecular flexibility index (Phi) is 6.58. The van der Waals surface area contributed by atoms with Crippen LogP contribution in [0.1, 0.15) is 22.3 Å². The Morgan fingerprint density at radius 3 is 2.49 bits per heavy atom. The van der Waals surface area contributed by atoms with Crippen LogP contribution in [-0.2, 0) is 25.6 Å². The molecule has 13 heteroatoms. The van der Waals surface area contributed by atoms with E-state index in [4.69, 9.17) is 5.73 Å². The van der Waals surface area contributed by atoms with Crippen LogP contribution in [0.2, 0.25) is 0 Å². The zero-order valence-corrected chi connectivity index (χ0v) is 20.4. The predicted octanol–water partition coefficient (Wildman–Crippen LogP) is -0.790. The summed E-state index contributed by atoms with van der Waals surface area (Å²) in [6, 6.07) is 1.93. The number of carbonyl (C=O) groups excluding carboxylic acids is 4. The van der Waals surface area contributed by atoms with E-state index in [1.54, 1.807) is 20.2 Å². The van der Waals surface area contributed by atoms with Gasteiger partial charge < -0.3 is 36.3 Å². The number of fused-ring (bicyclic) bond motifs is 3. The lowest BCUT2D eigenvalue weighted by atomic mass is 9.58. The van der Waals surface area contributed by atoms with Crippen LogP contribution in [0, 0.1) is 11.8 Å². The van der Waals surface area contributed by atoms with Gasteiger partial charge in [0.25, 0.3) is 5.91 Å². The lowest BCUT2D eigenvalue weighted by Crippen LogP contribution is -2.63. The number of hydrogen-bond acceptors (Lipinski definition) is 11. The molecule has 0 radical (unpaired) electrons. The Morgan fingerprint density at radius 2 is 1.89 bits per heavy atom. The van der Waals surface area contributed by atoms with Crippen LogP contribution in [0.15, 0.2) is 34.8 Å². The highest BCUT2D eigenvalue weighted by Crippen LogP contribution is 2.52. The fourth-order valence-electron chi connectivity index (χ4n) is 5.66. The Balaban J connectivity index is 1.83. The minimum absolute atomic E-state index is 0.00625. The number of phenolic OH excluding ortho intramolecular Hbond substituents is 1. The lowest BCUT2D eigenvalue weighted by molar-refractivity contribution is -0.148. The average molecular weight is 517 g/mol. The third-order valence-corrected chi connectivity index (χ3v) is 7.25. The monoisotopic (exact) mass is 516 g/mol. The molecular formula is C24H28N4O9. The predicted molar refractivity (Wildman–Crippen MR) is 127 cm³/mol. The molecule has 0 heterocycles. The molecule has 3 aliphatic carbocycles. The number of aliphatic hydroxyl groups is 3. The van der Waals surface area contributed by atoms with Crippen molar-refractivity contribution in [2.75, 3.05) is 33.1 Å². The molecule has 3 aliphatic rings. The number of nitrogens with two attached hydrogens (primary N) is 1. The molecule has 0 aliphatic heterocycles. The van der Waals surface area contributed by atoms with Crippen LogP contribution in [0.5, 0.6) is 5.75 Å². The van der Waals surface area contributed by atoms with E-state index in [2.05, 4.69) is 15.6 Å². The number of nitrogens with one attached hydrogen (secondary N) is 2. The third kappa shape index (κ3) is 3.87. The number of Topliss-reactive ketones (excluding diaryl/α,β-unsaturated/α-hetero) is 2. The number of aromatic hydroxyl groups is 1. The maximum Gasteiger partial charge on any atom is 0.255 e. The van der Waals surface area contributed by atoms with Gasteiger partial charge in [-0.2, -0.15) is 5.48 Å². The van der Waals surface area contributed by atoms with E-state index >= 15 is 0 Å². The minimum Gasteiger partial charge on any atom is -0.510 e. The number of carbonyl (C=O) groups is 4. The van der Waals surface area contributed by atoms with Crippen LogP contribution in [-0.4, -0.2) is 88.1 Å². The molecule has 198 valence electrons. The van der Waals surface area contributed by atoms with Gasteiger partial charge in [-0.25, -0.2) is 0 Å². The summed E-state index contributed by atoms with van der Waals surface area (Å²) in [4.78, 5) is 57.0. The first-order valence-corrected chi connectivity index (χ1v) is 11.4. The molecule has 0 spiro atoms. The first-order valence-electron chi connectivity index (χ1n) is 11.4. The quantitative estimate of drug-likeness (QED) is 0.141. The first-order chi connectivity index (χ1) is 17.4. The highest BCUT2D eigenvalue weighted by Gasteiger charge is 2.63. The molecule has 4 rings (SSSR count). The number of aliphatic hydroxyl groups excluding tert-OH is 2. The third-order valence-electron chi connectivity index (χ3n) is 7.25. The van der Waals surface area contributed by atoms with E-state index in [-0.39, 0.29) is 36.2 Å². The van der Waals surface area contributed by atoms with Crippen molar-refractivity contribution >= 4 is 29.1 Å². The van der Waals surface area contributed by atoms with Crippen LogP contribution in [0.25, 0.3) is 0 Å². The van der Waals surface area contributed by atoms with E-state index in [1.165, 1.54) is 18.1 Å². The van der Waals surface area contributed by atoms with E-state index < -0.39 is 69.7 Å². The molecule has 8 N–H and O–H groups in total. The molecule has 2 amide bonds. The number of phenols is 1. The number of allylic oxidation sites excluding steroid dienone is 1. The van der Waals surface area contributed by atoms with Crippen LogP contribution in [0.4, 0.5) is 5.69 Å². The summed E-state index contributed by atoms with van der Waals surface area (Å²) in [5.74, 6) is -7.90. The summed E-state index contributed by atoms with van der Waals surface area (Å²) in [5, 5.41) is 46.9. The number of amides is 2. The van der Waals surface area contributed by atoms with Gasteiger partial charge in [0.15, 0.2) is 17.1 Å². The van der Waals surface area contributed by atoms with Gasteiger partial charge in [-0.15, -0.1) is 0 Å². The zero-order valence-electron chi connectivity index (χ0n) is 20.4. The fourth-order valence-corrected chi connectivity index (χ4v) is 5.66. The van der Waals surface area contributed by atoms with Crippen molar-refractivity contribution in [3.63, 3.8) is 0 Å². The summed E-state index contributed by atoms with van der Waals surface area (Å²) in [6.45, 7) is -0.235. The SMILES string of the molecule is CONCC(=O)Nc1ccc2c(c1O)C(=O)C1=C(O)[C@]3(O)C(=O)C(C(N)=O)=C(O)[C@@H](N(C)C)C3CC1C2. The summed E-state index contributed by atoms with van der Waals surface area (Å²) < 4.78 is 0. The van der Waals surface area contributed by atoms with Gasteiger partial charge in [-0.3, -0.25) is 24.1 Å². The number of anilines is 1. The largest absolute Gasteiger partial charge is 0.510 e. The summed E-state index contributed by atoms with van der Waals surface area (Å²) in [6.07, 6.45) is 0.148. The van der Waals surface area contributed by atoms with Gasteiger partial charge in [0.2, 0.25) is 11.7 Å². The second-order valence-electron chi connectivity index (χ2n) is 9.53. The number of primary amides is 1. The fraction of sp³-hybridized carbons (Fsp3) is 0.417. The van der Waals surface area contributed by atoms with Gasteiger partial charge in [0.05, 0.1) is 24.4 Å². The van der Waals surface area contributed by atoms with Gasteiger partial charge in [-0.1, -0.05) is 6.07 Å². The van der Waals surface area contributed by atoms with E-state index in [1.807, 2.05) is 0 Å². The van der Waals surface area contributed by atoms with Crippen LogP contribution >= 0.6 is 0 Å².